The fraction of sp³-hybridized carbons (Fsp3) is 0.933. The van der Waals surface area contributed by atoms with Gasteiger partial charge < -0.3 is 9.47 Å². The molecule has 202 valence electrons. The summed E-state index contributed by atoms with van der Waals surface area (Å²) in [6.45, 7) is 13.1. The van der Waals surface area contributed by atoms with Crippen LogP contribution >= 0.6 is 0 Å². The monoisotopic (exact) mass is 482 g/mol. The molecule has 0 fully saturated rings. The van der Waals surface area contributed by atoms with Crippen molar-refractivity contribution in [3.63, 3.8) is 0 Å². The molecule has 0 N–H and O–H groups in total. The Hall–Kier alpha value is -1.06. The van der Waals surface area contributed by atoms with Crippen LogP contribution < -0.4 is 0 Å². The number of ether oxygens (including phenoxy) is 2. The molecule has 4 heteroatoms. The number of hydrogen-bond donors (Lipinski definition) is 0. The third kappa shape index (κ3) is 14.4. The molecule has 0 aliphatic carbocycles. The van der Waals surface area contributed by atoms with Crippen LogP contribution in [-0.2, 0) is 19.1 Å². The van der Waals surface area contributed by atoms with Gasteiger partial charge in [-0.25, -0.2) is 0 Å². The molecule has 0 saturated carbocycles. The Morgan fingerprint density at radius 1 is 0.441 bits per heavy atom. The van der Waals surface area contributed by atoms with E-state index in [0.29, 0.717) is 0 Å². The molecule has 0 heterocycles. The standard InChI is InChI=1S/C30H58O4/c1-7-13-15-17-25-29(21-9-3,22-10-4)33-27(31)19-20-28(32)34-30(23-11-5,24-12-6)26-18-16-14-8-2/h7-26H2,1-6H3. The molecule has 0 aliphatic rings. The number of unbranched alkanes of at least 4 members (excludes halogenated alkanes) is 6. The van der Waals surface area contributed by atoms with Crippen molar-refractivity contribution in [1.29, 1.82) is 0 Å². The Morgan fingerprint density at radius 3 is 1.03 bits per heavy atom. The average Bonchev–Trinajstić information content (AvgIpc) is 2.79. The zero-order valence-corrected chi connectivity index (χ0v) is 23.8. The van der Waals surface area contributed by atoms with E-state index in [4.69, 9.17) is 9.47 Å². The second-order valence-electron chi connectivity index (χ2n) is 10.4. The quantitative estimate of drug-likeness (QED) is 0.107. The third-order valence-electron chi connectivity index (χ3n) is 6.99. The van der Waals surface area contributed by atoms with Gasteiger partial charge >= 0.3 is 11.9 Å². The van der Waals surface area contributed by atoms with E-state index in [1.54, 1.807) is 0 Å². The van der Waals surface area contributed by atoms with Gasteiger partial charge in [-0.1, -0.05) is 106 Å². The van der Waals surface area contributed by atoms with Gasteiger partial charge in [0.1, 0.15) is 11.2 Å². The Balaban J connectivity index is 5.00. The lowest BCUT2D eigenvalue weighted by Crippen LogP contribution is -2.36. The number of rotatable bonds is 23. The predicted molar refractivity (Wildman–Crippen MR) is 144 cm³/mol. The maximum atomic E-state index is 12.8. The first-order chi connectivity index (χ1) is 16.4. The molecule has 0 bridgehead atoms. The molecular formula is C30H58O4. The normalized spacial score (nSPS) is 12.1. The van der Waals surface area contributed by atoms with Crippen LogP contribution in [-0.4, -0.2) is 23.1 Å². The Labute approximate surface area is 212 Å². The van der Waals surface area contributed by atoms with E-state index >= 15 is 0 Å². The van der Waals surface area contributed by atoms with Gasteiger partial charge in [0.25, 0.3) is 0 Å². The molecule has 0 aliphatic heterocycles. The second kappa shape index (κ2) is 20.2. The predicted octanol–water partition coefficient (Wildman–Crippen LogP) is 9.47. The summed E-state index contributed by atoms with van der Waals surface area (Å²) in [5.41, 5.74) is -0.739. The summed E-state index contributed by atoms with van der Waals surface area (Å²) in [5, 5.41) is 0. The van der Waals surface area contributed by atoms with Crippen LogP contribution in [0.15, 0.2) is 0 Å². The van der Waals surface area contributed by atoms with Crippen molar-refractivity contribution >= 4 is 11.9 Å². The van der Waals surface area contributed by atoms with E-state index in [1.165, 1.54) is 38.5 Å². The number of carbonyl (C=O) groups excluding carboxylic acids is 2. The highest BCUT2D eigenvalue weighted by Gasteiger charge is 2.34. The Bertz CT molecular complexity index is 456. The van der Waals surface area contributed by atoms with Crippen molar-refractivity contribution < 1.29 is 19.1 Å². The molecule has 0 aromatic rings. The Morgan fingerprint density at radius 2 is 0.765 bits per heavy atom. The van der Waals surface area contributed by atoms with Crippen LogP contribution in [0, 0.1) is 0 Å². The van der Waals surface area contributed by atoms with E-state index in [2.05, 4.69) is 41.5 Å². The molecule has 0 aromatic carbocycles. The van der Waals surface area contributed by atoms with Crippen LogP contribution in [0.1, 0.15) is 170 Å². The van der Waals surface area contributed by atoms with Gasteiger partial charge in [-0.3, -0.25) is 9.59 Å². The summed E-state index contributed by atoms with van der Waals surface area (Å²) in [6.07, 6.45) is 19.1. The van der Waals surface area contributed by atoms with E-state index < -0.39 is 0 Å². The van der Waals surface area contributed by atoms with Crippen LogP contribution in [0.25, 0.3) is 0 Å². The molecule has 0 amide bonds. The molecule has 0 saturated heterocycles. The van der Waals surface area contributed by atoms with Gasteiger partial charge in [0.15, 0.2) is 0 Å². The summed E-state index contributed by atoms with van der Waals surface area (Å²) in [5.74, 6) is -0.484. The second-order valence-corrected chi connectivity index (χ2v) is 10.4. The zero-order valence-electron chi connectivity index (χ0n) is 23.8. The lowest BCUT2D eigenvalue weighted by atomic mass is 9.86. The molecule has 0 aromatic heterocycles. The van der Waals surface area contributed by atoms with Gasteiger partial charge in [0.05, 0.1) is 12.8 Å². The fourth-order valence-corrected chi connectivity index (χ4v) is 5.42. The molecule has 0 rings (SSSR count). The van der Waals surface area contributed by atoms with Gasteiger partial charge in [-0.05, 0) is 51.4 Å². The number of hydrogen-bond acceptors (Lipinski definition) is 4. The van der Waals surface area contributed by atoms with Crippen LogP contribution in [0.4, 0.5) is 0 Å². The maximum absolute atomic E-state index is 12.8. The van der Waals surface area contributed by atoms with Crippen LogP contribution in [0.3, 0.4) is 0 Å². The fourth-order valence-electron chi connectivity index (χ4n) is 5.42. The van der Waals surface area contributed by atoms with Crippen molar-refractivity contribution in [2.45, 2.75) is 181 Å². The van der Waals surface area contributed by atoms with Crippen molar-refractivity contribution in [2.24, 2.45) is 0 Å². The zero-order chi connectivity index (χ0) is 25.7. The lowest BCUT2D eigenvalue weighted by Gasteiger charge is -2.34. The highest BCUT2D eigenvalue weighted by molar-refractivity contribution is 5.78. The van der Waals surface area contributed by atoms with Crippen LogP contribution in [0.5, 0.6) is 0 Å². The van der Waals surface area contributed by atoms with Gasteiger partial charge in [-0.2, -0.15) is 0 Å². The lowest BCUT2D eigenvalue weighted by molar-refractivity contribution is -0.170. The third-order valence-corrected chi connectivity index (χ3v) is 6.99. The van der Waals surface area contributed by atoms with Crippen molar-refractivity contribution in [3.05, 3.63) is 0 Å². The molecule has 0 unspecified atom stereocenters. The summed E-state index contributed by atoms with van der Waals surface area (Å²) in [6, 6.07) is 0. The number of esters is 2. The van der Waals surface area contributed by atoms with E-state index in [0.717, 1.165) is 77.0 Å². The average molecular weight is 483 g/mol. The smallest absolute Gasteiger partial charge is 0.306 e. The molecule has 4 nitrogen and oxygen atoms in total. The van der Waals surface area contributed by atoms with Crippen molar-refractivity contribution in [3.8, 4) is 0 Å². The summed E-state index contributed by atoms with van der Waals surface area (Å²) in [4.78, 5) is 25.7. The first kappa shape index (κ1) is 32.9. The molecule has 0 atom stereocenters. The van der Waals surface area contributed by atoms with Crippen molar-refractivity contribution in [1.82, 2.24) is 0 Å². The van der Waals surface area contributed by atoms with Crippen LogP contribution in [0.2, 0.25) is 0 Å². The Kier molecular flexibility index (Phi) is 19.5. The summed E-state index contributed by atoms with van der Waals surface area (Å²) < 4.78 is 12.2. The minimum absolute atomic E-state index is 0.118. The molecule has 0 radical (unpaired) electrons. The topological polar surface area (TPSA) is 52.6 Å². The largest absolute Gasteiger partial charge is 0.459 e. The van der Waals surface area contributed by atoms with E-state index in [1.807, 2.05) is 0 Å². The summed E-state index contributed by atoms with van der Waals surface area (Å²) in [7, 11) is 0. The minimum atomic E-state index is -0.369. The van der Waals surface area contributed by atoms with Gasteiger partial charge in [0, 0.05) is 0 Å². The van der Waals surface area contributed by atoms with E-state index in [9.17, 15) is 9.59 Å². The van der Waals surface area contributed by atoms with Gasteiger partial charge in [0.2, 0.25) is 0 Å². The molecular weight excluding hydrogens is 424 g/mol. The first-order valence-electron chi connectivity index (χ1n) is 14.8. The van der Waals surface area contributed by atoms with Gasteiger partial charge in [-0.15, -0.1) is 0 Å². The first-order valence-corrected chi connectivity index (χ1v) is 14.8. The maximum Gasteiger partial charge on any atom is 0.306 e. The number of carbonyl (C=O) groups is 2. The summed E-state index contributed by atoms with van der Waals surface area (Å²) >= 11 is 0. The molecule has 34 heavy (non-hydrogen) atoms. The minimum Gasteiger partial charge on any atom is -0.459 e. The van der Waals surface area contributed by atoms with E-state index in [-0.39, 0.29) is 36.0 Å². The SMILES string of the molecule is CCCCCCC(CCC)(CCC)OC(=O)CCC(=O)OC(CCC)(CCC)CCCCCC. The molecule has 0 spiro atoms. The highest BCUT2D eigenvalue weighted by Crippen LogP contribution is 2.33. The van der Waals surface area contributed by atoms with Crippen molar-refractivity contribution in [2.75, 3.05) is 0 Å². The highest BCUT2D eigenvalue weighted by atomic mass is 16.6.